The number of amides is 1. The summed E-state index contributed by atoms with van der Waals surface area (Å²) >= 11 is 0. The molecule has 4 nitrogen and oxygen atoms in total. The van der Waals surface area contributed by atoms with Gasteiger partial charge in [0, 0.05) is 42.7 Å². The molecule has 160 valence electrons. The number of pyridine rings is 2. The second-order valence-electron chi connectivity index (χ2n) is 7.74. The fourth-order valence-electron chi connectivity index (χ4n) is 3.93. The Bertz CT molecular complexity index is 1050. The van der Waals surface area contributed by atoms with Crippen LogP contribution in [0.3, 0.4) is 0 Å². The third kappa shape index (κ3) is 5.10. The van der Waals surface area contributed by atoms with Crippen LogP contribution in [0.15, 0.2) is 67.0 Å². The summed E-state index contributed by atoms with van der Waals surface area (Å²) in [4.78, 5) is 23.3. The predicted octanol–water partition coefficient (Wildman–Crippen LogP) is 5.11. The molecule has 0 bridgehead atoms. The Morgan fingerprint density at radius 3 is 2.71 bits per heavy atom. The van der Waals surface area contributed by atoms with Gasteiger partial charge in [-0.2, -0.15) is 13.2 Å². The van der Waals surface area contributed by atoms with Crippen LogP contribution < -0.4 is 0 Å². The maximum absolute atomic E-state index is 13.1. The van der Waals surface area contributed by atoms with Gasteiger partial charge >= 0.3 is 6.18 Å². The summed E-state index contributed by atoms with van der Waals surface area (Å²) < 4.78 is 39.2. The average molecular weight is 425 g/mol. The van der Waals surface area contributed by atoms with Gasteiger partial charge in [-0.1, -0.05) is 24.3 Å². The summed E-state index contributed by atoms with van der Waals surface area (Å²) in [5.74, 6) is 0.101. The Labute approximate surface area is 178 Å². The fourth-order valence-corrected chi connectivity index (χ4v) is 3.93. The third-order valence-corrected chi connectivity index (χ3v) is 5.53. The van der Waals surface area contributed by atoms with Crippen molar-refractivity contribution in [3.63, 3.8) is 0 Å². The highest BCUT2D eigenvalue weighted by Crippen LogP contribution is 2.33. The van der Waals surface area contributed by atoms with E-state index in [1.54, 1.807) is 24.5 Å². The first-order valence-electron chi connectivity index (χ1n) is 10.2. The van der Waals surface area contributed by atoms with Crippen molar-refractivity contribution >= 4 is 5.91 Å². The van der Waals surface area contributed by atoms with E-state index in [4.69, 9.17) is 0 Å². The Morgan fingerprint density at radius 1 is 1.10 bits per heavy atom. The van der Waals surface area contributed by atoms with Crippen molar-refractivity contribution in [1.29, 1.82) is 0 Å². The maximum Gasteiger partial charge on any atom is 0.416 e. The molecule has 31 heavy (non-hydrogen) atoms. The molecule has 0 spiro atoms. The Morgan fingerprint density at radius 2 is 1.94 bits per heavy atom. The number of halogens is 3. The van der Waals surface area contributed by atoms with E-state index in [1.807, 2.05) is 29.2 Å². The van der Waals surface area contributed by atoms with Crippen molar-refractivity contribution in [2.45, 2.75) is 31.4 Å². The monoisotopic (exact) mass is 425 g/mol. The summed E-state index contributed by atoms with van der Waals surface area (Å²) in [6, 6.07) is 14.3. The number of nitrogens with zero attached hydrogens (tertiary/aromatic N) is 3. The number of likely N-dealkylation sites (tertiary alicyclic amines) is 1. The first-order valence-corrected chi connectivity index (χ1v) is 10.2. The number of carbonyl (C=O) groups excluding carboxylic acids is 1. The van der Waals surface area contributed by atoms with Gasteiger partial charge in [0.2, 0.25) is 5.91 Å². The van der Waals surface area contributed by atoms with E-state index in [9.17, 15) is 18.0 Å². The second-order valence-corrected chi connectivity index (χ2v) is 7.74. The highest BCUT2D eigenvalue weighted by Gasteiger charge is 2.31. The lowest BCUT2D eigenvalue weighted by Gasteiger charge is -2.32. The van der Waals surface area contributed by atoms with Crippen molar-refractivity contribution in [1.82, 2.24) is 14.9 Å². The zero-order chi connectivity index (χ0) is 21.8. The Balaban J connectivity index is 1.50. The van der Waals surface area contributed by atoms with Crippen molar-refractivity contribution < 1.29 is 18.0 Å². The van der Waals surface area contributed by atoms with E-state index in [1.165, 1.54) is 6.07 Å². The van der Waals surface area contributed by atoms with Crippen LogP contribution in [0.2, 0.25) is 0 Å². The molecular formula is C24H22F3N3O. The molecule has 1 saturated heterocycles. The first-order chi connectivity index (χ1) is 14.9. The summed E-state index contributed by atoms with van der Waals surface area (Å²) in [5, 5.41) is 0. The molecule has 0 N–H and O–H groups in total. The molecular weight excluding hydrogens is 403 g/mol. The number of alkyl halides is 3. The number of carbonyl (C=O) groups is 1. The normalized spacial score (nSPS) is 16.9. The zero-order valence-corrected chi connectivity index (χ0v) is 16.8. The molecule has 1 amide bonds. The molecule has 1 unspecified atom stereocenters. The second kappa shape index (κ2) is 8.88. The van der Waals surface area contributed by atoms with Crippen LogP contribution in [-0.4, -0.2) is 33.9 Å². The molecule has 0 aliphatic carbocycles. The van der Waals surface area contributed by atoms with Crippen LogP contribution in [-0.2, 0) is 17.4 Å². The predicted molar refractivity (Wildman–Crippen MR) is 111 cm³/mol. The van der Waals surface area contributed by atoms with E-state index in [0.717, 1.165) is 36.2 Å². The van der Waals surface area contributed by atoms with Gasteiger partial charge < -0.3 is 4.90 Å². The first kappa shape index (κ1) is 21.0. The molecule has 3 aromatic rings. The van der Waals surface area contributed by atoms with E-state index in [2.05, 4.69) is 9.97 Å². The van der Waals surface area contributed by atoms with Crippen LogP contribution in [0.5, 0.6) is 0 Å². The number of piperidine rings is 1. The molecule has 7 heteroatoms. The minimum absolute atomic E-state index is 0.0479. The largest absolute Gasteiger partial charge is 0.416 e. The molecule has 1 aliphatic heterocycles. The quantitative estimate of drug-likeness (QED) is 0.584. The zero-order valence-electron chi connectivity index (χ0n) is 16.8. The van der Waals surface area contributed by atoms with Crippen molar-refractivity contribution in [2.24, 2.45) is 0 Å². The van der Waals surface area contributed by atoms with Gasteiger partial charge in [-0.3, -0.25) is 14.8 Å². The Kier molecular flexibility index (Phi) is 6.02. The minimum atomic E-state index is -4.40. The molecule has 1 fully saturated rings. The van der Waals surface area contributed by atoms with Crippen molar-refractivity contribution in [3.05, 3.63) is 83.8 Å². The highest BCUT2D eigenvalue weighted by molar-refractivity contribution is 5.78. The topological polar surface area (TPSA) is 46.1 Å². The molecule has 4 rings (SSSR count). The lowest BCUT2D eigenvalue weighted by Crippen LogP contribution is -2.40. The summed E-state index contributed by atoms with van der Waals surface area (Å²) in [6.07, 6.45) is 1.02. The number of benzene rings is 1. The van der Waals surface area contributed by atoms with Gasteiger partial charge in [-0.25, -0.2) is 0 Å². The summed E-state index contributed by atoms with van der Waals surface area (Å²) in [7, 11) is 0. The van der Waals surface area contributed by atoms with Gasteiger partial charge in [-0.15, -0.1) is 0 Å². The maximum atomic E-state index is 13.1. The number of hydrogen-bond acceptors (Lipinski definition) is 3. The van der Waals surface area contributed by atoms with Crippen molar-refractivity contribution in [3.8, 4) is 11.3 Å². The highest BCUT2D eigenvalue weighted by atomic mass is 19.4. The molecule has 3 heterocycles. The molecule has 0 saturated carbocycles. The van der Waals surface area contributed by atoms with Gasteiger partial charge in [0.25, 0.3) is 0 Å². The molecule has 2 aromatic heterocycles. The Hall–Kier alpha value is -3.22. The van der Waals surface area contributed by atoms with Crippen molar-refractivity contribution in [2.75, 3.05) is 13.1 Å². The molecule has 0 radical (unpaired) electrons. The van der Waals surface area contributed by atoms with Crippen LogP contribution >= 0.6 is 0 Å². The molecule has 1 aliphatic rings. The van der Waals surface area contributed by atoms with E-state index in [0.29, 0.717) is 30.8 Å². The number of rotatable bonds is 4. The van der Waals surface area contributed by atoms with Gasteiger partial charge in [0.05, 0.1) is 17.7 Å². The lowest BCUT2D eigenvalue weighted by molar-refractivity contribution is -0.137. The van der Waals surface area contributed by atoms with Gasteiger partial charge in [-0.05, 0) is 48.7 Å². The van der Waals surface area contributed by atoms with Crippen LogP contribution in [0.1, 0.15) is 35.6 Å². The van der Waals surface area contributed by atoms with Crippen LogP contribution in [0.4, 0.5) is 13.2 Å². The lowest BCUT2D eigenvalue weighted by atomic mass is 9.93. The molecule has 1 atom stereocenters. The minimum Gasteiger partial charge on any atom is -0.342 e. The van der Waals surface area contributed by atoms with E-state index >= 15 is 0 Å². The third-order valence-electron chi connectivity index (χ3n) is 5.53. The van der Waals surface area contributed by atoms with E-state index in [-0.39, 0.29) is 11.8 Å². The van der Waals surface area contributed by atoms with Crippen LogP contribution in [0, 0.1) is 0 Å². The standard InChI is InChI=1S/C24H22F3N3O/c25-24(26,27)20-8-1-6-18(14-20)21-9-2-10-22(29-21)19-7-4-12-30(16-19)23(31)13-17-5-3-11-28-15-17/h1-3,5-6,8-11,14-15,19H,4,7,12-13,16H2. The number of hydrogen-bond donors (Lipinski definition) is 0. The SMILES string of the molecule is O=C(Cc1cccnc1)N1CCCC(c2cccc(-c3cccc(C(F)(F)F)c3)n2)C1. The average Bonchev–Trinajstić information content (AvgIpc) is 2.79. The summed E-state index contributed by atoms with van der Waals surface area (Å²) in [6.45, 7) is 1.25. The fraction of sp³-hybridized carbons (Fsp3) is 0.292. The molecule has 1 aromatic carbocycles. The number of aromatic nitrogens is 2. The smallest absolute Gasteiger partial charge is 0.342 e. The van der Waals surface area contributed by atoms with Gasteiger partial charge in [0.15, 0.2) is 0 Å². The van der Waals surface area contributed by atoms with Gasteiger partial charge in [0.1, 0.15) is 0 Å². The summed E-state index contributed by atoms with van der Waals surface area (Å²) in [5.41, 5.74) is 1.91. The van der Waals surface area contributed by atoms with E-state index < -0.39 is 11.7 Å². The van der Waals surface area contributed by atoms with Crippen LogP contribution in [0.25, 0.3) is 11.3 Å².